The molecular weight excluding hydrogens is 363 g/mol. The van der Waals surface area contributed by atoms with Gasteiger partial charge in [0, 0.05) is 24.1 Å². The molecule has 1 aromatic carbocycles. The lowest BCUT2D eigenvalue weighted by atomic mass is 10.4. The minimum Gasteiger partial charge on any atom is -0.329 e. The van der Waals surface area contributed by atoms with Gasteiger partial charge < -0.3 is 5.73 Å². The lowest BCUT2D eigenvalue weighted by molar-refractivity contribution is 0.394. The van der Waals surface area contributed by atoms with E-state index < -0.39 is 10.0 Å². The zero-order valence-corrected chi connectivity index (χ0v) is 13.9. The van der Waals surface area contributed by atoms with Gasteiger partial charge >= 0.3 is 0 Å². The van der Waals surface area contributed by atoms with Crippen LogP contribution in [0.3, 0.4) is 0 Å². The van der Waals surface area contributed by atoms with E-state index in [1.165, 1.54) is 11.4 Å². The van der Waals surface area contributed by atoms with Crippen molar-refractivity contribution in [3.63, 3.8) is 0 Å². The van der Waals surface area contributed by atoms with Gasteiger partial charge in [-0.25, -0.2) is 8.42 Å². The van der Waals surface area contributed by atoms with Gasteiger partial charge in [-0.15, -0.1) is 12.4 Å². The molecule has 1 rings (SSSR count). The van der Waals surface area contributed by atoms with E-state index >= 15 is 0 Å². The Kier molecular flexibility index (Phi) is 7.13. The van der Waals surface area contributed by atoms with Gasteiger partial charge in [0.1, 0.15) is 4.90 Å². The van der Waals surface area contributed by atoms with Crippen LogP contribution in [0.2, 0.25) is 5.02 Å². The molecule has 0 saturated heterocycles. The Morgan fingerprint density at radius 3 is 2.50 bits per heavy atom. The van der Waals surface area contributed by atoms with Gasteiger partial charge in [0.15, 0.2) is 0 Å². The zero-order chi connectivity index (χ0) is 13.2. The molecule has 0 aliphatic heterocycles. The van der Waals surface area contributed by atoms with E-state index in [4.69, 9.17) is 17.3 Å². The average Bonchev–Trinajstić information content (AvgIpc) is 2.26. The first kappa shape index (κ1) is 18.1. The first-order valence-electron chi connectivity index (χ1n) is 4.94. The van der Waals surface area contributed by atoms with Crippen molar-refractivity contribution in [2.75, 3.05) is 13.6 Å². The summed E-state index contributed by atoms with van der Waals surface area (Å²) in [4.78, 5) is 0.0736. The van der Waals surface area contributed by atoms with Crippen molar-refractivity contribution in [2.24, 2.45) is 5.73 Å². The van der Waals surface area contributed by atoms with E-state index in [9.17, 15) is 8.42 Å². The molecule has 0 fully saturated rings. The van der Waals surface area contributed by atoms with Crippen LogP contribution in [0, 0.1) is 0 Å². The number of rotatable bonds is 4. The fraction of sp³-hybridized carbons (Fsp3) is 0.400. The quantitative estimate of drug-likeness (QED) is 0.876. The number of sulfonamides is 1. The van der Waals surface area contributed by atoms with E-state index in [2.05, 4.69) is 15.9 Å². The first-order valence-corrected chi connectivity index (χ1v) is 7.55. The van der Waals surface area contributed by atoms with E-state index in [1.54, 1.807) is 25.1 Å². The summed E-state index contributed by atoms with van der Waals surface area (Å²) in [6.45, 7) is 1.99. The molecule has 18 heavy (non-hydrogen) atoms. The van der Waals surface area contributed by atoms with E-state index in [-0.39, 0.29) is 34.9 Å². The molecule has 8 heteroatoms. The van der Waals surface area contributed by atoms with Crippen LogP contribution in [0.5, 0.6) is 0 Å². The third kappa shape index (κ3) is 3.59. The van der Waals surface area contributed by atoms with E-state index in [0.29, 0.717) is 4.47 Å². The van der Waals surface area contributed by atoms with Crippen molar-refractivity contribution >= 4 is 50.0 Å². The van der Waals surface area contributed by atoms with Gasteiger partial charge in [-0.05, 0) is 35.0 Å². The minimum absolute atomic E-state index is 0. The Bertz CT molecular complexity index is 490. The molecule has 104 valence electrons. The van der Waals surface area contributed by atoms with Gasteiger partial charge in [0.2, 0.25) is 10.0 Å². The molecule has 1 atom stereocenters. The Balaban J connectivity index is 0.00000289. The van der Waals surface area contributed by atoms with Crippen LogP contribution in [0.1, 0.15) is 6.92 Å². The van der Waals surface area contributed by atoms with Gasteiger partial charge in [-0.3, -0.25) is 0 Å². The first-order chi connectivity index (χ1) is 7.82. The standard InChI is InChI=1S/C10H14BrClN2O2S.ClH/c1-7(6-13)14(2)17(15,16)10-8(11)4-3-5-9(10)12;/h3-5,7H,6,13H2,1-2H3;1H. The molecule has 0 radical (unpaired) electrons. The van der Waals surface area contributed by atoms with Crippen LogP contribution in [0.25, 0.3) is 0 Å². The Labute approximate surface area is 127 Å². The number of halogens is 3. The Morgan fingerprint density at radius 2 is 2.06 bits per heavy atom. The number of likely N-dealkylation sites (N-methyl/N-ethyl adjacent to an activating group) is 1. The largest absolute Gasteiger partial charge is 0.329 e. The summed E-state index contributed by atoms with van der Waals surface area (Å²) < 4.78 is 26.3. The topological polar surface area (TPSA) is 63.4 Å². The Morgan fingerprint density at radius 1 is 1.50 bits per heavy atom. The number of nitrogens with two attached hydrogens (primary N) is 1. The SMILES string of the molecule is CC(CN)N(C)S(=O)(=O)c1c(Cl)cccc1Br.Cl. The molecule has 0 bridgehead atoms. The normalized spacial score (nSPS) is 13.2. The van der Waals surface area contributed by atoms with Crippen molar-refractivity contribution < 1.29 is 8.42 Å². The second-order valence-corrected chi connectivity index (χ2v) is 6.85. The Hall–Kier alpha value is 0.150. The smallest absolute Gasteiger partial charge is 0.245 e. The molecule has 0 amide bonds. The molecule has 0 aromatic heterocycles. The maximum Gasteiger partial charge on any atom is 0.245 e. The molecule has 1 unspecified atom stereocenters. The maximum atomic E-state index is 12.3. The summed E-state index contributed by atoms with van der Waals surface area (Å²) in [5.74, 6) is 0. The summed E-state index contributed by atoms with van der Waals surface area (Å²) in [5.41, 5.74) is 5.47. The molecule has 2 N–H and O–H groups in total. The molecule has 0 aliphatic carbocycles. The highest BCUT2D eigenvalue weighted by molar-refractivity contribution is 9.10. The summed E-state index contributed by atoms with van der Waals surface area (Å²) in [6, 6.07) is 4.57. The van der Waals surface area contributed by atoms with E-state index in [1.807, 2.05) is 0 Å². The van der Waals surface area contributed by atoms with Crippen LogP contribution in [-0.2, 0) is 10.0 Å². The van der Waals surface area contributed by atoms with Crippen LogP contribution in [-0.4, -0.2) is 32.4 Å². The maximum absolute atomic E-state index is 12.3. The highest BCUT2D eigenvalue weighted by Gasteiger charge is 2.28. The van der Waals surface area contributed by atoms with Gasteiger partial charge in [0.05, 0.1) is 5.02 Å². The number of hydrogen-bond acceptors (Lipinski definition) is 3. The summed E-state index contributed by atoms with van der Waals surface area (Å²) in [6.07, 6.45) is 0. The van der Waals surface area contributed by atoms with Crippen molar-refractivity contribution in [2.45, 2.75) is 17.9 Å². The second-order valence-electron chi connectivity index (χ2n) is 3.66. The van der Waals surface area contributed by atoms with Crippen molar-refractivity contribution in [1.29, 1.82) is 0 Å². The lowest BCUT2D eigenvalue weighted by Crippen LogP contribution is -2.39. The van der Waals surface area contributed by atoms with Gasteiger partial charge in [-0.1, -0.05) is 17.7 Å². The van der Waals surface area contributed by atoms with Crippen LogP contribution in [0.4, 0.5) is 0 Å². The molecule has 0 heterocycles. The highest BCUT2D eigenvalue weighted by atomic mass is 79.9. The minimum atomic E-state index is -3.64. The van der Waals surface area contributed by atoms with Gasteiger partial charge in [-0.2, -0.15) is 4.31 Å². The third-order valence-electron chi connectivity index (χ3n) is 2.52. The predicted octanol–water partition coefficient (Wildman–Crippen LogP) is 2.49. The molecule has 0 aliphatic rings. The van der Waals surface area contributed by atoms with E-state index in [0.717, 1.165) is 0 Å². The molecule has 0 saturated carbocycles. The molecular formula is C10H15BrCl2N2O2S. The van der Waals surface area contributed by atoms with Crippen LogP contribution in [0.15, 0.2) is 27.6 Å². The molecule has 1 aromatic rings. The lowest BCUT2D eigenvalue weighted by Gasteiger charge is -2.24. The van der Waals surface area contributed by atoms with Crippen molar-refractivity contribution in [3.8, 4) is 0 Å². The molecule has 0 spiro atoms. The monoisotopic (exact) mass is 376 g/mol. The summed E-state index contributed by atoms with van der Waals surface area (Å²) in [7, 11) is -2.15. The highest BCUT2D eigenvalue weighted by Crippen LogP contribution is 2.31. The molecule has 4 nitrogen and oxygen atoms in total. The van der Waals surface area contributed by atoms with Gasteiger partial charge in [0.25, 0.3) is 0 Å². The predicted molar refractivity (Wildman–Crippen MR) is 79.9 cm³/mol. The van der Waals surface area contributed by atoms with Crippen molar-refractivity contribution in [1.82, 2.24) is 4.31 Å². The van der Waals surface area contributed by atoms with Crippen LogP contribution < -0.4 is 5.73 Å². The number of nitrogens with zero attached hydrogens (tertiary/aromatic N) is 1. The summed E-state index contributed by atoms with van der Waals surface area (Å²) >= 11 is 9.14. The average molecular weight is 378 g/mol. The number of benzene rings is 1. The zero-order valence-electron chi connectivity index (χ0n) is 9.93. The fourth-order valence-electron chi connectivity index (χ4n) is 1.26. The third-order valence-corrected chi connectivity index (χ3v) is 5.94. The van der Waals surface area contributed by atoms with Crippen LogP contribution >= 0.6 is 39.9 Å². The number of hydrogen-bond donors (Lipinski definition) is 1. The van der Waals surface area contributed by atoms with Crippen molar-refractivity contribution in [3.05, 3.63) is 27.7 Å². The fourth-order valence-corrected chi connectivity index (χ4v) is 4.30. The summed E-state index contributed by atoms with van der Waals surface area (Å²) in [5, 5.41) is 0.190. The second kappa shape index (κ2) is 7.07.